The summed E-state index contributed by atoms with van der Waals surface area (Å²) in [5.41, 5.74) is 2.01. The summed E-state index contributed by atoms with van der Waals surface area (Å²) in [4.78, 5) is 8.67. The Labute approximate surface area is 98.5 Å². The minimum atomic E-state index is 0.748. The van der Waals surface area contributed by atoms with Gasteiger partial charge in [-0.15, -0.1) is 0 Å². The summed E-state index contributed by atoms with van der Waals surface area (Å²) in [7, 11) is 1.63. The van der Waals surface area contributed by atoms with Crippen molar-refractivity contribution in [3.63, 3.8) is 0 Å². The molecule has 0 aliphatic heterocycles. The van der Waals surface area contributed by atoms with E-state index in [1.54, 1.807) is 19.6 Å². The van der Waals surface area contributed by atoms with E-state index in [4.69, 9.17) is 4.74 Å². The number of fused-ring (bicyclic) bond motifs is 1. The zero-order valence-corrected chi connectivity index (χ0v) is 9.37. The summed E-state index contributed by atoms with van der Waals surface area (Å²) in [6.45, 7) is 0. The fourth-order valence-corrected chi connectivity index (χ4v) is 1.78. The van der Waals surface area contributed by atoms with Crippen LogP contribution in [-0.2, 0) is 0 Å². The molecule has 2 heterocycles. The Hall–Kier alpha value is -2.36. The minimum absolute atomic E-state index is 0.748. The number of nitrogens with zero attached hydrogens (tertiary/aromatic N) is 3. The molecule has 84 valence electrons. The summed E-state index contributed by atoms with van der Waals surface area (Å²) in [6.07, 6.45) is 3.48. The van der Waals surface area contributed by atoms with Gasteiger partial charge in [0.15, 0.2) is 0 Å². The fourth-order valence-electron chi connectivity index (χ4n) is 1.78. The number of ether oxygens (including phenoxy) is 1. The average molecular weight is 225 g/mol. The van der Waals surface area contributed by atoms with Crippen LogP contribution in [0, 0.1) is 0 Å². The van der Waals surface area contributed by atoms with Gasteiger partial charge in [0, 0.05) is 0 Å². The van der Waals surface area contributed by atoms with E-state index in [0.717, 1.165) is 22.6 Å². The lowest BCUT2D eigenvalue weighted by Gasteiger charge is -2.04. The first kappa shape index (κ1) is 9.84. The summed E-state index contributed by atoms with van der Waals surface area (Å²) < 4.78 is 7.04. The number of benzene rings is 1. The van der Waals surface area contributed by atoms with Crippen LogP contribution in [0.1, 0.15) is 0 Å². The standard InChI is InChI=1S/C13H11N3O/c1-17-10-6-7-13(14-8-10)16-9-15-11-4-2-3-5-12(11)16/h2-9H,1H3. The maximum absolute atomic E-state index is 5.09. The topological polar surface area (TPSA) is 39.9 Å². The van der Waals surface area contributed by atoms with Crippen molar-refractivity contribution in [2.75, 3.05) is 7.11 Å². The minimum Gasteiger partial charge on any atom is -0.495 e. The van der Waals surface area contributed by atoms with Gasteiger partial charge in [-0.3, -0.25) is 4.57 Å². The van der Waals surface area contributed by atoms with Gasteiger partial charge in [0.2, 0.25) is 0 Å². The quantitative estimate of drug-likeness (QED) is 0.672. The van der Waals surface area contributed by atoms with E-state index >= 15 is 0 Å². The molecular formula is C13H11N3O. The molecule has 1 aromatic carbocycles. The molecule has 3 rings (SSSR count). The third-order valence-electron chi connectivity index (χ3n) is 2.66. The van der Waals surface area contributed by atoms with E-state index in [9.17, 15) is 0 Å². The van der Waals surface area contributed by atoms with Crippen molar-refractivity contribution in [1.29, 1.82) is 0 Å². The lowest BCUT2D eigenvalue weighted by atomic mass is 10.3. The molecule has 0 unspecified atom stereocenters. The fraction of sp³-hybridized carbons (Fsp3) is 0.0769. The largest absolute Gasteiger partial charge is 0.495 e. The van der Waals surface area contributed by atoms with Gasteiger partial charge in [-0.2, -0.15) is 0 Å². The highest BCUT2D eigenvalue weighted by Gasteiger charge is 2.04. The van der Waals surface area contributed by atoms with Gasteiger partial charge in [-0.25, -0.2) is 9.97 Å². The Morgan fingerprint density at radius 1 is 1.06 bits per heavy atom. The molecule has 0 amide bonds. The van der Waals surface area contributed by atoms with Crippen LogP contribution in [0.3, 0.4) is 0 Å². The third-order valence-corrected chi connectivity index (χ3v) is 2.66. The molecule has 0 bridgehead atoms. The number of methoxy groups -OCH3 is 1. The van der Waals surface area contributed by atoms with Crippen molar-refractivity contribution < 1.29 is 4.74 Å². The number of para-hydroxylation sites is 2. The third kappa shape index (κ3) is 1.63. The van der Waals surface area contributed by atoms with Crippen molar-refractivity contribution in [2.45, 2.75) is 0 Å². The first-order chi connectivity index (χ1) is 8.38. The van der Waals surface area contributed by atoms with Gasteiger partial charge in [-0.1, -0.05) is 12.1 Å². The lowest BCUT2D eigenvalue weighted by Crippen LogP contribution is -1.95. The zero-order chi connectivity index (χ0) is 11.7. The van der Waals surface area contributed by atoms with Gasteiger partial charge < -0.3 is 4.74 Å². The number of hydrogen-bond donors (Lipinski definition) is 0. The first-order valence-corrected chi connectivity index (χ1v) is 5.31. The highest BCUT2D eigenvalue weighted by atomic mass is 16.5. The van der Waals surface area contributed by atoms with Crippen LogP contribution < -0.4 is 4.74 Å². The molecule has 0 aliphatic carbocycles. The maximum Gasteiger partial charge on any atom is 0.138 e. The Morgan fingerprint density at radius 2 is 1.94 bits per heavy atom. The van der Waals surface area contributed by atoms with E-state index in [1.165, 1.54) is 0 Å². The molecule has 0 radical (unpaired) electrons. The predicted octanol–water partition coefficient (Wildman–Crippen LogP) is 2.43. The number of rotatable bonds is 2. The van der Waals surface area contributed by atoms with Crippen LogP contribution in [0.4, 0.5) is 0 Å². The van der Waals surface area contributed by atoms with E-state index < -0.39 is 0 Å². The monoisotopic (exact) mass is 225 g/mol. The van der Waals surface area contributed by atoms with Gasteiger partial charge >= 0.3 is 0 Å². The number of pyridine rings is 1. The highest BCUT2D eigenvalue weighted by Crippen LogP contribution is 2.17. The lowest BCUT2D eigenvalue weighted by molar-refractivity contribution is 0.413. The smallest absolute Gasteiger partial charge is 0.138 e. The number of imidazole rings is 1. The van der Waals surface area contributed by atoms with Crippen LogP contribution in [0.2, 0.25) is 0 Å². The molecule has 0 aliphatic rings. The predicted molar refractivity (Wildman–Crippen MR) is 65.4 cm³/mol. The Kier molecular flexibility index (Phi) is 2.26. The Bertz CT molecular complexity index is 643. The molecule has 0 spiro atoms. The van der Waals surface area contributed by atoms with E-state index in [1.807, 2.05) is 41.0 Å². The SMILES string of the molecule is COc1ccc(-n2cnc3ccccc32)nc1. The number of hydrogen-bond acceptors (Lipinski definition) is 3. The molecule has 0 atom stereocenters. The summed E-state index contributed by atoms with van der Waals surface area (Å²) >= 11 is 0. The first-order valence-electron chi connectivity index (χ1n) is 5.31. The molecule has 4 nitrogen and oxygen atoms in total. The van der Waals surface area contributed by atoms with Crippen molar-refractivity contribution in [3.8, 4) is 11.6 Å². The van der Waals surface area contributed by atoms with Crippen LogP contribution in [0.5, 0.6) is 5.75 Å². The summed E-state index contributed by atoms with van der Waals surface area (Å²) in [6, 6.07) is 11.8. The Morgan fingerprint density at radius 3 is 2.71 bits per heavy atom. The summed E-state index contributed by atoms with van der Waals surface area (Å²) in [5, 5.41) is 0. The van der Waals surface area contributed by atoms with Crippen LogP contribution in [-0.4, -0.2) is 21.6 Å². The van der Waals surface area contributed by atoms with Crippen molar-refractivity contribution >= 4 is 11.0 Å². The van der Waals surface area contributed by atoms with Crippen LogP contribution in [0.25, 0.3) is 16.9 Å². The van der Waals surface area contributed by atoms with E-state index in [2.05, 4.69) is 9.97 Å². The zero-order valence-electron chi connectivity index (χ0n) is 9.37. The molecule has 0 fully saturated rings. The van der Waals surface area contributed by atoms with Gasteiger partial charge in [0.1, 0.15) is 17.9 Å². The highest BCUT2D eigenvalue weighted by molar-refractivity contribution is 5.76. The van der Waals surface area contributed by atoms with E-state index in [0.29, 0.717) is 0 Å². The molecular weight excluding hydrogens is 214 g/mol. The van der Waals surface area contributed by atoms with E-state index in [-0.39, 0.29) is 0 Å². The molecule has 0 saturated heterocycles. The van der Waals surface area contributed by atoms with Crippen LogP contribution >= 0.6 is 0 Å². The molecule has 3 aromatic rings. The van der Waals surface area contributed by atoms with Gasteiger partial charge in [-0.05, 0) is 24.3 Å². The number of aromatic nitrogens is 3. The molecule has 0 saturated carbocycles. The second-order valence-corrected chi connectivity index (χ2v) is 3.66. The second-order valence-electron chi connectivity index (χ2n) is 3.66. The van der Waals surface area contributed by atoms with Crippen LogP contribution in [0.15, 0.2) is 48.9 Å². The normalized spacial score (nSPS) is 10.6. The summed E-state index contributed by atoms with van der Waals surface area (Å²) in [5.74, 6) is 1.58. The van der Waals surface area contributed by atoms with Crippen molar-refractivity contribution in [1.82, 2.24) is 14.5 Å². The molecule has 4 heteroatoms. The maximum atomic E-state index is 5.09. The van der Waals surface area contributed by atoms with Crippen molar-refractivity contribution in [2.24, 2.45) is 0 Å². The average Bonchev–Trinajstić information content (AvgIpc) is 2.83. The van der Waals surface area contributed by atoms with Gasteiger partial charge in [0.05, 0.1) is 24.3 Å². The molecule has 17 heavy (non-hydrogen) atoms. The Balaban J connectivity index is 2.13. The van der Waals surface area contributed by atoms with Gasteiger partial charge in [0.25, 0.3) is 0 Å². The molecule has 0 N–H and O–H groups in total. The second kappa shape index (κ2) is 3.90. The van der Waals surface area contributed by atoms with Crippen molar-refractivity contribution in [3.05, 3.63) is 48.9 Å². The molecule has 2 aromatic heterocycles.